The zero-order chi connectivity index (χ0) is 22.9. The first-order valence-corrected chi connectivity index (χ1v) is 11.3. The summed E-state index contributed by atoms with van der Waals surface area (Å²) in [6, 6.07) is 15.2. The maximum absolute atomic E-state index is 13.7. The second kappa shape index (κ2) is 9.04. The fraction of sp³-hybridized carbons (Fsp3) is 0.400. The number of carbonyl (C=O) groups excluding carboxylic acids is 3. The number of likely N-dealkylation sites (tertiary alicyclic amines) is 1. The van der Waals surface area contributed by atoms with E-state index < -0.39 is 5.41 Å². The van der Waals surface area contributed by atoms with Crippen LogP contribution in [0.15, 0.2) is 48.5 Å². The van der Waals surface area contributed by atoms with Gasteiger partial charge in [0.25, 0.3) is 0 Å². The molecule has 1 fully saturated rings. The first kappa shape index (κ1) is 22.5. The minimum atomic E-state index is -1.27. The van der Waals surface area contributed by atoms with Crippen molar-refractivity contribution in [1.82, 2.24) is 14.7 Å². The van der Waals surface area contributed by atoms with Gasteiger partial charge in [-0.1, -0.05) is 54.1 Å². The van der Waals surface area contributed by atoms with E-state index in [0.717, 1.165) is 12.0 Å². The van der Waals surface area contributed by atoms with Gasteiger partial charge in [-0.2, -0.15) is 0 Å². The second-order valence-corrected chi connectivity index (χ2v) is 9.31. The van der Waals surface area contributed by atoms with Gasteiger partial charge in [-0.25, -0.2) is 0 Å². The molecule has 0 saturated carbocycles. The van der Waals surface area contributed by atoms with E-state index in [1.165, 1.54) is 10.5 Å². The number of amides is 3. The van der Waals surface area contributed by atoms with Crippen molar-refractivity contribution in [3.8, 4) is 0 Å². The van der Waals surface area contributed by atoms with Crippen LogP contribution in [0.25, 0.3) is 0 Å². The standard InChI is InChI=1S/C25H28ClN3O3/c1-27(2)13-14-29-23(31)16-25(24(29)32,20-9-5-6-10-21(20)26)15-22(30)28-12-11-18-7-3-4-8-19(18)17-28/h3-10H,11-17H2,1-2H3/t25-/m0/s1. The summed E-state index contributed by atoms with van der Waals surface area (Å²) < 4.78 is 0. The summed E-state index contributed by atoms with van der Waals surface area (Å²) in [5, 5.41) is 0.403. The predicted molar refractivity (Wildman–Crippen MR) is 123 cm³/mol. The number of benzene rings is 2. The Labute approximate surface area is 193 Å². The van der Waals surface area contributed by atoms with E-state index in [1.54, 1.807) is 29.2 Å². The molecule has 2 aliphatic heterocycles. The van der Waals surface area contributed by atoms with Crippen molar-refractivity contribution in [3.63, 3.8) is 0 Å². The number of fused-ring (bicyclic) bond motifs is 1. The number of halogens is 1. The number of carbonyl (C=O) groups is 3. The summed E-state index contributed by atoms with van der Waals surface area (Å²) in [5.74, 6) is -0.716. The van der Waals surface area contributed by atoms with Crippen LogP contribution in [-0.4, -0.2) is 66.2 Å². The highest BCUT2D eigenvalue weighted by molar-refractivity contribution is 6.32. The van der Waals surface area contributed by atoms with Crippen LogP contribution in [0.3, 0.4) is 0 Å². The Hall–Kier alpha value is -2.70. The largest absolute Gasteiger partial charge is 0.338 e. The third-order valence-corrected chi connectivity index (χ3v) is 6.83. The van der Waals surface area contributed by atoms with E-state index in [-0.39, 0.29) is 30.6 Å². The molecule has 0 radical (unpaired) electrons. The number of likely N-dealkylation sites (N-methyl/N-ethyl adjacent to an activating group) is 1. The van der Waals surface area contributed by atoms with Gasteiger partial charge < -0.3 is 9.80 Å². The fourth-order valence-electron chi connectivity index (χ4n) is 4.70. The average Bonchev–Trinajstić information content (AvgIpc) is 3.01. The summed E-state index contributed by atoms with van der Waals surface area (Å²) in [6.07, 6.45) is 0.671. The smallest absolute Gasteiger partial charge is 0.240 e. The molecule has 2 aliphatic rings. The van der Waals surface area contributed by atoms with Crippen molar-refractivity contribution in [2.75, 3.05) is 33.7 Å². The van der Waals surface area contributed by atoms with Gasteiger partial charge >= 0.3 is 0 Å². The Kier molecular flexibility index (Phi) is 6.35. The van der Waals surface area contributed by atoms with E-state index in [0.29, 0.717) is 36.8 Å². The van der Waals surface area contributed by atoms with Gasteiger partial charge in [-0.05, 0) is 43.3 Å². The summed E-state index contributed by atoms with van der Waals surface area (Å²) in [6.45, 7) is 1.97. The van der Waals surface area contributed by atoms with E-state index >= 15 is 0 Å². The minimum Gasteiger partial charge on any atom is -0.338 e. The van der Waals surface area contributed by atoms with Crippen LogP contribution in [0.5, 0.6) is 0 Å². The molecule has 0 unspecified atom stereocenters. The molecule has 0 N–H and O–H groups in total. The van der Waals surface area contributed by atoms with Crippen molar-refractivity contribution in [1.29, 1.82) is 0 Å². The van der Waals surface area contributed by atoms with Crippen molar-refractivity contribution in [2.24, 2.45) is 0 Å². The lowest BCUT2D eigenvalue weighted by molar-refractivity contribution is -0.143. The Bertz CT molecular complexity index is 1050. The molecule has 0 bridgehead atoms. The molecule has 1 saturated heterocycles. The average molecular weight is 454 g/mol. The number of hydrogen-bond donors (Lipinski definition) is 0. The van der Waals surface area contributed by atoms with Gasteiger partial charge in [0.15, 0.2) is 0 Å². The van der Waals surface area contributed by atoms with Gasteiger partial charge in [0.1, 0.15) is 0 Å². The molecule has 3 amide bonds. The van der Waals surface area contributed by atoms with Crippen LogP contribution < -0.4 is 0 Å². The van der Waals surface area contributed by atoms with Crippen LogP contribution in [0.1, 0.15) is 29.5 Å². The highest BCUT2D eigenvalue weighted by Crippen LogP contribution is 2.43. The first-order valence-electron chi connectivity index (χ1n) is 10.9. The maximum Gasteiger partial charge on any atom is 0.240 e. The molecule has 168 valence electrons. The van der Waals surface area contributed by atoms with Gasteiger partial charge in [0.2, 0.25) is 17.7 Å². The van der Waals surface area contributed by atoms with Gasteiger partial charge in [-0.15, -0.1) is 0 Å². The molecule has 6 nitrogen and oxygen atoms in total. The summed E-state index contributed by atoms with van der Waals surface area (Å²) in [5.41, 5.74) is 1.66. The quantitative estimate of drug-likeness (QED) is 0.631. The van der Waals surface area contributed by atoms with E-state index in [4.69, 9.17) is 11.6 Å². The van der Waals surface area contributed by atoms with Gasteiger partial charge in [-0.3, -0.25) is 19.3 Å². The van der Waals surface area contributed by atoms with E-state index in [9.17, 15) is 14.4 Å². The fourth-order valence-corrected chi connectivity index (χ4v) is 5.02. The molecule has 2 aromatic rings. The number of imide groups is 1. The molecule has 2 aromatic carbocycles. The van der Waals surface area contributed by atoms with Crippen molar-refractivity contribution >= 4 is 29.3 Å². The molecule has 7 heteroatoms. The Morgan fingerprint density at radius 2 is 1.75 bits per heavy atom. The summed E-state index contributed by atoms with van der Waals surface area (Å²) in [7, 11) is 3.79. The monoisotopic (exact) mass is 453 g/mol. The first-order chi connectivity index (χ1) is 15.3. The normalized spacial score (nSPS) is 20.8. The molecule has 0 aromatic heterocycles. The zero-order valence-electron chi connectivity index (χ0n) is 18.5. The lowest BCUT2D eigenvalue weighted by Gasteiger charge is -2.33. The summed E-state index contributed by atoms with van der Waals surface area (Å²) in [4.78, 5) is 45.1. The van der Waals surface area contributed by atoms with Crippen LogP contribution in [0.2, 0.25) is 5.02 Å². The molecular formula is C25H28ClN3O3. The van der Waals surface area contributed by atoms with E-state index in [2.05, 4.69) is 6.07 Å². The van der Waals surface area contributed by atoms with Crippen molar-refractivity contribution in [2.45, 2.75) is 31.2 Å². The number of hydrogen-bond acceptors (Lipinski definition) is 4. The zero-order valence-corrected chi connectivity index (χ0v) is 19.3. The Morgan fingerprint density at radius 3 is 2.47 bits per heavy atom. The van der Waals surface area contributed by atoms with Crippen LogP contribution in [-0.2, 0) is 32.8 Å². The molecule has 4 rings (SSSR count). The summed E-state index contributed by atoms with van der Waals surface area (Å²) >= 11 is 6.50. The second-order valence-electron chi connectivity index (χ2n) is 8.90. The highest BCUT2D eigenvalue weighted by Gasteiger charge is 2.54. The molecular weight excluding hydrogens is 426 g/mol. The van der Waals surface area contributed by atoms with Crippen LogP contribution in [0, 0.1) is 0 Å². The van der Waals surface area contributed by atoms with Gasteiger partial charge in [0, 0.05) is 44.0 Å². The molecule has 0 aliphatic carbocycles. The lowest BCUT2D eigenvalue weighted by Crippen LogP contribution is -2.45. The van der Waals surface area contributed by atoms with Gasteiger partial charge in [0.05, 0.1) is 5.41 Å². The van der Waals surface area contributed by atoms with Crippen LogP contribution in [0.4, 0.5) is 0 Å². The highest BCUT2D eigenvalue weighted by atomic mass is 35.5. The third-order valence-electron chi connectivity index (χ3n) is 6.51. The van der Waals surface area contributed by atoms with E-state index in [1.807, 2.05) is 37.2 Å². The number of rotatable bonds is 6. The van der Waals surface area contributed by atoms with Crippen LogP contribution >= 0.6 is 11.6 Å². The topological polar surface area (TPSA) is 60.9 Å². The Balaban J connectivity index is 1.64. The Morgan fingerprint density at radius 1 is 1.06 bits per heavy atom. The molecule has 1 atom stereocenters. The molecule has 0 spiro atoms. The molecule has 2 heterocycles. The van der Waals surface area contributed by atoms with Crippen molar-refractivity contribution < 1.29 is 14.4 Å². The predicted octanol–water partition coefficient (Wildman–Crippen LogP) is 2.87. The third kappa shape index (κ3) is 4.17. The lowest BCUT2D eigenvalue weighted by atomic mass is 9.75. The molecule has 32 heavy (non-hydrogen) atoms. The SMILES string of the molecule is CN(C)CCN1C(=O)C[C@@](CC(=O)N2CCc3ccccc3C2)(c2ccccc2Cl)C1=O. The van der Waals surface area contributed by atoms with Crippen molar-refractivity contribution in [3.05, 3.63) is 70.2 Å². The number of nitrogens with zero attached hydrogens (tertiary/aromatic N) is 3. The minimum absolute atomic E-state index is 0.0425. The maximum atomic E-state index is 13.7.